The molecule has 2 nitrogen and oxygen atoms in total. The van der Waals surface area contributed by atoms with Gasteiger partial charge in [-0.05, 0) is 37.5 Å². The highest BCUT2D eigenvalue weighted by Gasteiger charge is 2.34. The second kappa shape index (κ2) is 10.6. The molecule has 0 aromatic carbocycles. The van der Waals surface area contributed by atoms with Crippen LogP contribution in [0, 0.1) is 17.3 Å². The van der Waals surface area contributed by atoms with E-state index in [0.29, 0.717) is 12.5 Å². The summed E-state index contributed by atoms with van der Waals surface area (Å²) in [5, 5.41) is 10.5. The predicted molar refractivity (Wildman–Crippen MR) is 87.7 cm³/mol. The van der Waals surface area contributed by atoms with Crippen LogP contribution >= 0.6 is 0 Å². The first-order chi connectivity index (χ1) is 9.49. The van der Waals surface area contributed by atoms with Crippen LogP contribution < -0.4 is 0 Å². The van der Waals surface area contributed by atoms with E-state index < -0.39 is 6.29 Å². The first kappa shape index (κ1) is 19.9. The Balaban J connectivity index is 4.33. The van der Waals surface area contributed by atoms with Crippen LogP contribution in [-0.2, 0) is 4.74 Å². The Hall–Kier alpha value is -0.0800. The Morgan fingerprint density at radius 3 is 1.95 bits per heavy atom. The Morgan fingerprint density at radius 1 is 1.00 bits per heavy atom. The molecule has 0 radical (unpaired) electrons. The minimum absolute atomic E-state index is 0.0522. The molecule has 0 aromatic heterocycles. The zero-order valence-corrected chi connectivity index (χ0v) is 14.7. The smallest absolute Gasteiger partial charge is 0.160 e. The van der Waals surface area contributed by atoms with Gasteiger partial charge in [0.25, 0.3) is 0 Å². The summed E-state index contributed by atoms with van der Waals surface area (Å²) in [5.74, 6) is 1.33. The lowest BCUT2D eigenvalue weighted by atomic mass is 9.77. The lowest BCUT2D eigenvalue weighted by Crippen LogP contribution is -2.37. The Morgan fingerprint density at radius 2 is 1.55 bits per heavy atom. The van der Waals surface area contributed by atoms with Crippen molar-refractivity contribution >= 4 is 0 Å². The number of aliphatic hydroxyl groups is 1. The van der Waals surface area contributed by atoms with Crippen molar-refractivity contribution in [1.82, 2.24) is 0 Å². The van der Waals surface area contributed by atoms with Crippen molar-refractivity contribution in [1.29, 1.82) is 0 Å². The first-order valence-electron chi connectivity index (χ1n) is 8.79. The summed E-state index contributed by atoms with van der Waals surface area (Å²) in [4.78, 5) is 0. The van der Waals surface area contributed by atoms with E-state index in [1.54, 1.807) is 0 Å². The molecule has 0 amide bonds. The fraction of sp³-hybridized carbons (Fsp3) is 1.00. The zero-order valence-electron chi connectivity index (χ0n) is 14.7. The lowest BCUT2D eigenvalue weighted by Gasteiger charge is -2.36. The van der Waals surface area contributed by atoms with E-state index in [1.165, 1.54) is 19.3 Å². The molecule has 0 heterocycles. The third kappa shape index (κ3) is 6.13. The summed E-state index contributed by atoms with van der Waals surface area (Å²) >= 11 is 0. The number of hydrogen-bond acceptors (Lipinski definition) is 2. The standard InChI is InChI=1S/C18H38O2/c1-7-12-18(10-4,11-5)17(19)20-14-15(6)13-16(8-2)9-3/h15-17,19H,7-14H2,1-6H3. The molecule has 0 aliphatic carbocycles. The number of aliphatic hydroxyl groups excluding tert-OH is 1. The van der Waals surface area contributed by atoms with Gasteiger partial charge in [-0.3, -0.25) is 0 Å². The topological polar surface area (TPSA) is 29.5 Å². The Kier molecular flexibility index (Phi) is 10.6. The van der Waals surface area contributed by atoms with Crippen molar-refractivity contribution in [2.45, 2.75) is 92.8 Å². The van der Waals surface area contributed by atoms with Gasteiger partial charge in [0.2, 0.25) is 0 Å². The molecule has 0 saturated carbocycles. The van der Waals surface area contributed by atoms with Crippen molar-refractivity contribution in [2.75, 3.05) is 6.61 Å². The summed E-state index contributed by atoms with van der Waals surface area (Å²) in [6.45, 7) is 14.0. The number of hydrogen-bond donors (Lipinski definition) is 1. The van der Waals surface area contributed by atoms with Gasteiger partial charge in [0.15, 0.2) is 6.29 Å². The van der Waals surface area contributed by atoms with E-state index in [2.05, 4.69) is 41.5 Å². The highest BCUT2D eigenvalue weighted by molar-refractivity contribution is 4.79. The minimum atomic E-state index is -0.610. The van der Waals surface area contributed by atoms with Crippen molar-refractivity contribution in [3.8, 4) is 0 Å². The summed E-state index contributed by atoms with van der Waals surface area (Å²) in [5.41, 5.74) is -0.0522. The first-order valence-corrected chi connectivity index (χ1v) is 8.79. The highest BCUT2D eigenvalue weighted by atomic mass is 16.6. The van der Waals surface area contributed by atoms with E-state index in [9.17, 15) is 5.11 Å². The summed E-state index contributed by atoms with van der Waals surface area (Å²) in [7, 11) is 0. The van der Waals surface area contributed by atoms with Gasteiger partial charge in [0.1, 0.15) is 0 Å². The molecule has 0 saturated heterocycles. The van der Waals surface area contributed by atoms with Crippen LogP contribution in [0.3, 0.4) is 0 Å². The molecule has 0 spiro atoms. The average molecular weight is 286 g/mol. The largest absolute Gasteiger partial charge is 0.367 e. The summed E-state index contributed by atoms with van der Waals surface area (Å²) in [6, 6.07) is 0. The van der Waals surface area contributed by atoms with Crippen LogP contribution in [0.4, 0.5) is 0 Å². The molecule has 0 aliphatic rings. The molecule has 0 aromatic rings. The summed E-state index contributed by atoms with van der Waals surface area (Å²) < 4.78 is 5.85. The quantitative estimate of drug-likeness (QED) is 0.487. The van der Waals surface area contributed by atoms with Crippen LogP contribution in [0.25, 0.3) is 0 Å². The van der Waals surface area contributed by atoms with Crippen molar-refractivity contribution < 1.29 is 9.84 Å². The molecule has 0 fully saturated rings. The van der Waals surface area contributed by atoms with E-state index in [0.717, 1.165) is 31.6 Å². The zero-order chi connectivity index (χ0) is 15.6. The second-order valence-electron chi connectivity index (χ2n) is 6.53. The van der Waals surface area contributed by atoms with Crippen LogP contribution in [0.2, 0.25) is 0 Å². The number of rotatable bonds is 12. The maximum Gasteiger partial charge on any atom is 0.160 e. The molecule has 0 bridgehead atoms. The van der Waals surface area contributed by atoms with Crippen LogP contribution in [0.1, 0.15) is 86.5 Å². The van der Waals surface area contributed by atoms with Gasteiger partial charge in [-0.1, -0.05) is 60.8 Å². The molecule has 0 rings (SSSR count). The highest BCUT2D eigenvalue weighted by Crippen LogP contribution is 2.36. The minimum Gasteiger partial charge on any atom is -0.367 e. The van der Waals surface area contributed by atoms with Crippen LogP contribution in [-0.4, -0.2) is 18.0 Å². The molecule has 20 heavy (non-hydrogen) atoms. The van der Waals surface area contributed by atoms with E-state index >= 15 is 0 Å². The lowest BCUT2D eigenvalue weighted by molar-refractivity contribution is -0.187. The van der Waals surface area contributed by atoms with Gasteiger partial charge in [-0.2, -0.15) is 0 Å². The van der Waals surface area contributed by atoms with Crippen molar-refractivity contribution in [3.05, 3.63) is 0 Å². The molecule has 122 valence electrons. The Bertz CT molecular complexity index is 219. The van der Waals surface area contributed by atoms with Gasteiger partial charge >= 0.3 is 0 Å². The molecular weight excluding hydrogens is 248 g/mol. The second-order valence-corrected chi connectivity index (χ2v) is 6.53. The average Bonchev–Trinajstić information content (AvgIpc) is 2.47. The van der Waals surface area contributed by atoms with E-state index in [4.69, 9.17) is 4.74 Å². The van der Waals surface area contributed by atoms with E-state index in [-0.39, 0.29) is 5.41 Å². The fourth-order valence-electron chi connectivity index (χ4n) is 3.27. The molecule has 2 heteroatoms. The fourth-order valence-corrected chi connectivity index (χ4v) is 3.27. The molecular formula is C18H38O2. The third-order valence-corrected chi connectivity index (χ3v) is 5.11. The molecule has 1 N–H and O–H groups in total. The monoisotopic (exact) mass is 286 g/mol. The predicted octanol–water partition coefficient (Wildman–Crippen LogP) is 5.39. The van der Waals surface area contributed by atoms with Crippen molar-refractivity contribution in [3.63, 3.8) is 0 Å². The normalized spacial score (nSPS) is 15.6. The van der Waals surface area contributed by atoms with Gasteiger partial charge in [-0.15, -0.1) is 0 Å². The molecule has 0 aliphatic heterocycles. The molecule has 2 atom stereocenters. The maximum absolute atomic E-state index is 10.5. The van der Waals surface area contributed by atoms with Crippen LogP contribution in [0.15, 0.2) is 0 Å². The SMILES string of the molecule is CCCC(CC)(CC)C(O)OCC(C)CC(CC)CC. The van der Waals surface area contributed by atoms with Gasteiger partial charge < -0.3 is 9.84 Å². The van der Waals surface area contributed by atoms with Crippen molar-refractivity contribution in [2.24, 2.45) is 17.3 Å². The third-order valence-electron chi connectivity index (χ3n) is 5.11. The maximum atomic E-state index is 10.5. The molecule has 2 unspecified atom stereocenters. The van der Waals surface area contributed by atoms with Gasteiger partial charge in [0, 0.05) is 5.41 Å². The number of ether oxygens (including phenoxy) is 1. The van der Waals surface area contributed by atoms with E-state index in [1.807, 2.05) is 0 Å². The summed E-state index contributed by atoms with van der Waals surface area (Å²) in [6.07, 6.45) is 7.20. The Labute approximate surface area is 127 Å². The van der Waals surface area contributed by atoms with Gasteiger partial charge in [-0.25, -0.2) is 0 Å². The van der Waals surface area contributed by atoms with Crippen LogP contribution in [0.5, 0.6) is 0 Å². The van der Waals surface area contributed by atoms with Gasteiger partial charge in [0.05, 0.1) is 6.61 Å².